The summed E-state index contributed by atoms with van der Waals surface area (Å²) in [5.74, 6) is 1.95. The van der Waals surface area contributed by atoms with Gasteiger partial charge in [0, 0.05) is 0 Å². The number of rotatable bonds is 4. The van der Waals surface area contributed by atoms with Crippen LogP contribution in [0.3, 0.4) is 0 Å². The van der Waals surface area contributed by atoms with Crippen LogP contribution in [0.1, 0.15) is 27.7 Å². The van der Waals surface area contributed by atoms with Crippen LogP contribution in [0.5, 0.6) is 0 Å². The van der Waals surface area contributed by atoms with E-state index in [0.717, 1.165) is 11.8 Å². The topological polar surface area (TPSA) is 0 Å². The second-order valence-corrected chi connectivity index (χ2v) is 7.62. The van der Waals surface area contributed by atoms with Crippen LogP contribution in [0.25, 0.3) is 0 Å². The molecule has 0 radical (unpaired) electrons. The Labute approximate surface area is 67.0 Å². The molecule has 0 spiro atoms. The van der Waals surface area contributed by atoms with Crippen LogP contribution < -0.4 is 0 Å². The minimum atomic E-state index is -0.0671. The molecule has 9 heavy (non-hydrogen) atoms. The van der Waals surface area contributed by atoms with Crippen molar-refractivity contribution in [3.63, 3.8) is 0 Å². The van der Waals surface area contributed by atoms with Crippen molar-refractivity contribution in [2.75, 3.05) is 0 Å². The van der Waals surface area contributed by atoms with Crippen molar-refractivity contribution in [2.45, 2.75) is 37.7 Å². The van der Waals surface area contributed by atoms with E-state index < -0.39 is 0 Å². The second-order valence-electron chi connectivity index (χ2n) is 3.72. The van der Waals surface area contributed by atoms with E-state index in [1.54, 1.807) is 10.0 Å². The summed E-state index contributed by atoms with van der Waals surface area (Å²) in [4.78, 5) is 0. The molecule has 0 atom stereocenters. The molecule has 0 aromatic heterocycles. The molecule has 0 heterocycles. The standard InChI is InChI=1S/2C4H9.Zn/c2*1-4(2)3;/h2*4H,1H2,2-3H3;. The van der Waals surface area contributed by atoms with Crippen LogP contribution in [-0.4, -0.2) is 0 Å². The average molecular weight is 180 g/mol. The van der Waals surface area contributed by atoms with Gasteiger partial charge in [0.2, 0.25) is 0 Å². The monoisotopic (exact) mass is 178 g/mol. The van der Waals surface area contributed by atoms with E-state index in [-0.39, 0.29) is 17.1 Å². The molecule has 1 heteroatoms. The molecular formula is C8H18Zn. The summed E-state index contributed by atoms with van der Waals surface area (Å²) in [5, 5.41) is 3.18. The molecule has 0 aliphatic heterocycles. The van der Waals surface area contributed by atoms with Crippen molar-refractivity contribution in [3.8, 4) is 0 Å². The molecule has 0 aromatic rings. The predicted molar refractivity (Wildman–Crippen MR) is 39.3 cm³/mol. The third kappa shape index (κ3) is 8.62. The summed E-state index contributed by atoms with van der Waals surface area (Å²) >= 11 is -0.0671. The van der Waals surface area contributed by atoms with Crippen molar-refractivity contribution < 1.29 is 17.1 Å². The average Bonchev–Trinajstić information content (AvgIpc) is 1.63. The third-order valence-corrected chi connectivity index (χ3v) is 8.12. The Hall–Kier alpha value is 0.623. The molecule has 0 nitrogen and oxygen atoms in total. The maximum atomic E-state index is 2.34. The fourth-order valence-corrected chi connectivity index (χ4v) is 4.86. The van der Waals surface area contributed by atoms with E-state index in [4.69, 9.17) is 0 Å². The van der Waals surface area contributed by atoms with Gasteiger partial charge in [-0.05, 0) is 0 Å². The summed E-state index contributed by atoms with van der Waals surface area (Å²) in [6.45, 7) is 9.36. The fraction of sp³-hybridized carbons (Fsp3) is 1.00. The molecule has 0 aliphatic carbocycles. The zero-order valence-corrected chi connectivity index (χ0v) is 10.2. The summed E-state index contributed by atoms with van der Waals surface area (Å²) < 4.78 is 0. The van der Waals surface area contributed by atoms with Gasteiger partial charge in [-0.25, -0.2) is 0 Å². The van der Waals surface area contributed by atoms with Crippen LogP contribution in [0.15, 0.2) is 0 Å². The molecule has 0 amide bonds. The van der Waals surface area contributed by atoms with Gasteiger partial charge in [0.25, 0.3) is 0 Å². The second kappa shape index (κ2) is 5.41. The van der Waals surface area contributed by atoms with Crippen molar-refractivity contribution in [1.82, 2.24) is 0 Å². The van der Waals surface area contributed by atoms with Gasteiger partial charge in [-0.2, -0.15) is 0 Å². The number of hydrogen-bond acceptors (Lipinski definition) is 0. The normalized spacial score (nSPS) is 10.4. The quantitative estimate of drug-likeness (QED) is 0.582. The third-order valence-electron chi connectivity index (χ3n) is 1.56. The zero-order chi connectivity index (χ0) is 7.28. The van der Waals surface area contributed by atoms with E-state index in [9.17, 15) is 0 Å². The van der Waals surface area contributed by atoms with E-state index >= 15 is 0 Å². The van der Waals surface area contributed by atoms with Crippen molar-refractivity contribution in [1.29, 1.82) is 0 Å². The SMILES string of the molecule is CC(C)[CH2][Zn][CH2]C(C)C. The molecule has 0 fully saturated rings. The molecule has 0 saturated heterocycles. The Bertz CT molecular complexity index is 49.6. The van der Waals surface area contributed by atoms with Gasteiger partial charge in [0.15, 0.2) is 0 Å². The van der Waals surface area contributed by atoms with Gasteiger partial charge in [-0.3, -0.25) is 0 Å². The summed E-state index contributed by atoms with van der Waals surface area (Å²) in [7, 11) is 0. The zero-order valence-electron chi connectivity index (χ0n) is 7.28. The molecular weight excluding hydrogens is 161 g/mol. The molecule has 0 saturated carbocycles. The van der Waals surface area contributed by atoms with Gasteiger partial charge in [-0.15, -0.1) is 0 Å². The van der Waals surface area contributed by atoms with Crippen LogP contribution in [0.4, 0.5) is 0 Å². The summed E-state index contributed by atoms with van der Waals surface area (Å²) in [5.41, 5.74) is 0. The molecule has 0 aliphatic rings. The summed E-state index contributed by atoms with van der Waals surface area (Å²) in [6, 6.07) is 0. The Morgan fingerprint density at radius 2 is 1.22 bits per heavy atom. The predicted octanol–water partition coefficient (Wildman–Crippen LogP) is 3.22. The number of hydrogen-bond donors (Lipinski definition) is 0. The fourth-order valence-electron chi connectivity index (χ4n) is 0.934. The van der Waals surface area contributed by atoms with Gasteiger partial charge in [0.1, 0.15) is 0 Å². The van der Waals surface area contributed by atoms with Crippen LogP contribution in [0.2, 0.25) is 10.0 Å². The first-order chi connectivity index (χ1) is 4.13. The molecule has 0 bridgehead atoms. The minimum absolute atomic E-state index is 0.0671. The first-order valence-corrected chi connectivity index (χ1v) is 8.32. The van der Waals surface area contributed by atoms with E-state index in [1.165, 1.54) is 0 Å². The van der Waals surface area contributed by atoms with Gasteiger partial charge in [0.05, 0.1) is 0 Å². The van der Waals surface area contributed by atoms with Crippen molar-refractivity contribution in [3.05, 3.63) is 0 Å². The first-order valence-electron chi connectivity index (χ1n) is 4.13. The van der Waals surface area contributed by atoms with Crippen LogP contribution in [-0.2, 0) is 17.1 Å². The van der Waals surface area contributed by atoms with Gasteiger partial charge in [-0.1, -0.05) is 0 Å². The van der Waals surface area contributed by atoms with Gasteiger partial charge >= 0.3 is 66.7 Å². The molecule has 0 N–H and O–H groups in total. The van der Waals surface area contributed by atoms with Crippen LogP contribution in [0, 0.1) is 11.8 Å². The van der Waals surface area contributed by atoms with E-state index in [2.05, 4.69) is 27.7 Å². The van der Waals surface area contributed by atoms with E-state index in [0.29, 0.717) is 0 Å². The van der Waals surface area contributed by atoms with E-state index in [1.807, 2.05) is 0 Å². The molecule has 0 unspecified atom stereocenters. The van der Waals surface area contributed by atoms with Crippen molar-refractivity contribution >= 4 is 0 Å². The Kier molecular flexibility index (Phi) is 5.79. The Morgan fingerprint density at radius 1 is 0.889 bits per heavy atom. The molecule has 0 rings (SSSR count). The Morgan fingerprint density at radius 3 is 1.44 bits per heavy atom. The van der Waals surface area contributed by atoms with Gasteiger partial charge < -0.3 is 0 Å². The Balaban J connectivity index is 2.91. The summed E-state index contributed by atoms with van der Waals surface area (Å²) in [6.07, 6.45) is 0. The molecule has 0 aromatic carbocycles. The maximum absolute atomic E-state index is 2.34. The van der Waals surface area contributed by atoms with Crippen molar-refractivity contribution in [2.24, 2.45) is 11.8 Å². The first kappa shape index (κ1) is 9.62. The van der Waals surface area contributed by atoms with Crippen LogP contribution >= 0.6 is 0 Å². The molecule has 52 valence electrons.